The third-order valence-electron chi connectivity index (χ3n) is 6.09. The molecule has 8 heteroatoms. The fraction of sp³-hybridized carbons (Fsp3) is 0.160. The van der Waals surface area contributed by atoms with Gasteiger partial charge in [0.1, 0.15) is 11.6 Å². The molecular formula is C25H18ClF2N5. The summed E-state index contributed by atoms with van der Waals surface area (Å²) < 4.78 is 30.4. The first-order valence-corrected chi connectivity index (χ1v) is 11.0. The molecule has 0 spiro atoms. The average molecular weight is 462 g/mol. The Labute approximate surface area is 193 Å². The lowest BCUT2D eigenvalue weighted by atomic mass is 9.99. The van der Waals surface area contributed by atoms with E-state index in [1.807, 2.05) is 30.5 Å². The summed E-state index contributed by atoms with van der Waals surface area (Å²) in [7, 11) is 0. The van der Waals surface area contributed by atoms with E-state index in [1.54, 1.807) is 0 Å². The zero-order valence-electron chi connectivity index (χ0n) is 17.4. The van der Waals surface area contributed by atoms with Crippen LogP contribution in [-0.4, -0.2) is 33.3 Å². The molecule has 0 fully saturated rings. The van der Waals surface area contributed by atoms with Crippen molar-refractivity contribution in [3.8, 4) is 11.1 Å². The minimum absolute atomic E-state index is 0.147. The number of nitrogens with zero attached hydrogens (tertiary/aromatic N) is 4. The van der Waals surface area contributed by atoms with Crippen LogP contribution < -0.4 is 5.32 Å². The third-order valence-corrected chi connectivity index (χ3v) is 6.38. The number of aliphatic imine (C=N–C) groups is 1. The second-order valence-electron chi connectivity index (χ2n) is 8.06. The molecule has 0 atom stereocenters. The quantitative estimate of drug-likeness (QED) is 0.436. The second kappa shape index (κ2) is 7.86. The molecular weight excluding hydrogens is 444 g/mol. The average Bonchev–Trinajstić information content (AvgIpc) is 3.48. The lowest BCUT2D eigenvalue weighted by Gasteiger charge is -2.18. The van der Waals surface area contributed by atoms with Crippen LogP contribution in [0.3, 0.4) is 0 Å². The molecule has 0 unspecified atom stereocenters. The Bertz CT molecular complexity index is 1490. The zero-order chi connectivity index (χ0) is 22.5. The summed E-state index contributed by atoms with van der Waals surface area (Å²) in [6.45, 7) is 3.10. The number of rotatable bonds is 3. The summed E-state index contributed by atoms with van der Waals surface area (Å²) in [5, 5.41) is 3.26. The third kappa shape index (κ3) is 3.44. The predicted octanol–water partition coefficient (Wildman–Crippen LogP) is 5.02. The molecule has 0 saturated carbocycles. The molecule has 1 aromatic carbocycles. The van der Waals surface area contributed by atoms with Crippen molar-refractivity contribution in [1.82, 2.24) is 19.9 Å². The van der Waals surface area contributed by atoms with Crippen molar-refractivity contribution in [2.24, 2.45) is 4.99 Å². The highest BCUT2D eigenvalue weighted by Crippen LogP contribution is 2.31. The van der Waals surface area contributed by atoms with Gasteiger partial charge in [0.25, 0.3) is 0 Å². The van der Waals surface area contributed by atoms with E-state index in [2.05, 4.69) is 32.1 Å². The van der Waals surface area contributed by atoms with Crippen LogP contribution in [0.5, 0.6) is 0 Å². The van der Waals surface area contributed by atoms with Crippen LogP contribution in [0.1, 0.15) is 17.0 Å². The highest BCUT2D eigenvalue weighted by molar-refractivity contribution is 6.35. The normalized spacial score (nSPS) is 15.5. The maximum absolute atomic E-state index is 14.5. The van der Waals surface area contributed by atoms with Crippen molar-refractivity contribution in [1.29, 1.82) is 0 Å². The van der Waals surface area contributed by atoms with E-state index >= 15 is 0 Å². The molecule has 3 aromatic heterocycles. The Kier molecular flexibility index (Phi) is 4.81. The lowest BCUT2D eigenvalue weighted by molar-refractivity contribution is 0.518. The van der Waals surface area contributed by atoms with Gasteiger partial charge in [-0.05, 0) is 30.3 Å². The highest BCUT2D eigenvalue weighted by atomic mass is 35.5. The monoisotopic (exact) mass is 461 g/mol. The first kappa shape index (κ1) is 20.2. The Balaban J connectivity index is 1.40. The number of hydrogen-bond donors (Lipinski definition) is 1. The molecule has 5 nitrogen and oxygen atoms in total. The van der Waals surface area contributed by atoms with Gasteiger partial charge in [0.2, 0.25) is 0 Å². The summed E-state index contributed by atoms with van der Waals surface area (Å²) in [5.74, 6) is -1.51. The number of halogens is 3. The maximum Gasteiger partial charge on any atom is 0.144 e. The topological polar surface area (TPSA) is 55.1 Å². The number of fused-ring (bicyclic) bond motifs is 2. The van der Waals surface area contributed by atoms with E-state index in [0.717, 1.165) is 47.9 Å². The van der Waals surface area contributed by atoms with Gasteiger partial charge in [-0.1, -0.05) is 17.7 Å². The Morgan fingerprint density at radius 3 is 2.82 bits per heavy atom. The molecule has 6 rings (SSSR count). The van der Waals surface area contributed by atoms with Crippen LogP contribution in [0.4, 0.5) is 8.78 Å². The summed E-state index contributed by atoms with van der Waals surface area (Å²) in [5.41, 5.74) is 6.78. The van der Waals surface area contributed by atoms with E-state index in [1.165, 1.54) is 11.8 Å². The molecule has 2 aliphatic rings. The van der Waals surface area contributed by atoms with Gasteiger partial charge in [0.15, 0.2) is 0 Å². The Morgan fingerprint density at radius 1 is 1.00 bits per heavy atom. The number of nitrogens with one attached hydrogen (secondary N) is 1. The fourth-order valence-electron chi connectivity index (χ4n) is 4.45. The largest absolute Gasteiger partial charge is 0.348 e. The molecule has 2 aliphatic heterocycles. The van der Waals surface area contributed by atoms with E-state index < -0.39 is 11.6 Å². The number of pyridine rings is 2. The molecule has 0 bridgehead atoms. The van der Waals surface area contributed by atoms with Gasteiger partial charge in [-0.2, -0.15) is 0 Å². The van der Waals surface area contributed by atoms with Gasteiger partial charge in [0.05, 0.1) is 34.0 Å². The van der Waals surface area contributed by atoms with Crippen molar-refractivity contribution in [2.75, 3.05) is 13.1 Å². The van der Waals surface area contributed by atoms with E-state index in [-0.39, 0.29) is 10.6 Å². The van der Waals surface area contributed by atoms with Crippen LogP contribution in [0.15, 0.2) is 59.9 Å². The van der Waals surface area contributed by atoms with Crippen molar-refractivity contribution >= 4 is 33.9 Å². The lowest BCUT2D eigenvalue weighted by Crippen LogP contribution is -2.27. The van der Waals surface area contributed by atoms with Crippen LogP contribution in [0.2, 0.25) is 5.02 Å². The highest BCUT2D eigenvalue weighted by Gasteiger charge is 2.22. The van der Waals surface area contributed by atoms with E-state index in [9.17, 15) is 8.78 Å². The Morgan fingerprint density at radius 2 is 1.91 bits per heavy atom. The standard InChI is InChI=1S/C25H18ClF2N5/c26-18-10-17(19(27)11-20(18)28)25-16(3-5-30-25)21-1-2-22-23(32-21)9-14(12-31-22)15-4-7-33-8-6-29-13-24(15)33/h1-4,7,9-12,29H,5-6,8,13H2. The van der Waals surface area contributed by atoms with Gasteiger partial charge in [-0.15, -0.1) is 0 Å². The number of allylic oxidation sites excluding steroid dienone is 1. The van der Waals surface area contributed by atoms with Gasteiger partial charge < -0.3 is 9.88 Å². The minimum atomic E-state index is -0.799. The maximum atomic E-state index is 14.5. The summed E-state index contributed by atoms with van der Waals surface area (Å²) in [4.78, 5) is 13.8. The van der Waals surface area contributed by atoms with Crippen molar-refractivity contribution in [3.63, 3.8) is 0 Å². The Hall–Kier alpha value is -3.42. The molecule has 4 aromatic rings. The summed E-state index contributed by atoms with van der Waals surface area (Å²) in [6.07, 6.45) is 5.85. The molecule has 164 valence electrons. The van der Waals surface area contributed by atoms with Gasteiger partial charge >= 0.3 is 0 Å². The molecule has 0 saturated heterocycles. The molecule has 0 aliphatic carbocycles. The molecule has 5 heterocycles. The van der Waals surface area contributed by atoms with E-state index in [0.29, 0.717) is 23.5 Å². The second-order valence-corrected chi connectivity index (χ2v) is 8.47. The molecule has 1 N–H and O–H groups in total. The molecule has 0 amide bonds. The first-order chi connectivity index (χ1) is 16.1. The molecule has 0 radical (unpaired) electrons. The van der Waals surface area contributed by atoms with Crippen molar-refractivity contribution in [3.05, 3.63) is 88.5 Å². The first-order valence-electron chi connectivity index (χ1n) is 10.6. The van der Waals surface area contributed by atoms with Gasteiger partial charge in [-0.25, -0.2) is 13.8 Å². The van der Waals surface area contributed by atoms with Crippen LogP contribution in [0, 0.1) is 11.6 Å². The smallest absolute Gasteiger partial charge is 0.144 e. The number of aromatic nitrogens is 3. The van der Waals surface area contributed by atoms with Crippen LogP contribution in [-0.2, 0) is 13.1 Å². The fourth-order valence-corrected chi connectivity index (χ4v) is 4.62. The van der Waals surface area contributed by atoms with Crippen LogP contribution >= 0.6 is 11.6 Å². The molecule has 33 heavy (non-hydrogen) atoms. The zero-order valence-corrected chi connectivity index (χ0v) is 18.2. The van der Waals surface area contributed by atoms with Crippen LogP contribution in [0.25, 0.3) is 27.7 Å². The SMILES string of the molecule is Fc1cc(F)c(C2=NCC=C2c2ccc3ncc(-c4ccn5c4CNCC5)cc3n2)cc1Cl. The van der Waals surface area contributed by atoms with Crippen molar-refractivity contribution in [2.45, 2.75) is 13.1 Å². The van der Waals surface area contributed by atoms with E-state index in [4.69, 9.17) is 16.6 Å². The number of benzene rings is 1. The van der Waals surface area contributed by atoms with Crippen molar-refractivity contribution < 1.29 is 8.78 Å². The number of hydrogen-bond acceptors (Lipinski definition) is 4. The summed E-state index contributed by atoms with van der Waals surface area (Å²) in [6, 6.07) is 9.93. The minimum Gasteiger partial charge on any atom is -0.348 e. The summed E-state index contributed by atoms with van der Waals surface area (Å²) >= 11 is 5.91. The predicted molar refractivity (Wildman–Crippen MR) is 125 cm³/mol. The van der Waals surface area contributed by atoms with Gasteiger partial charge in [0, 0.05) is 66.1 Å². The van der Waals surface area contributed by atoms with Gasteiger partial charge in [-0.3, -0.25) is 9.98 Å².